The maximum Gasteiger partial charge on any atom is 0.290 e. The first-order valence-corrected chi connectivity index (χ1v) is 9.18. The van der Waals surface area contributed by atoms with Crippen molar-refractivity contribution in [3.05, 3.63) is 36.1 Å². The number of benzene rings is 1. The molecule has 0 aliphatic carbocycles. The topological polar surface area (TPSA) is 88.0 Å². The maximum atomic E-state index is 12.6. The van der Waals surface area contributed by atoms with E-state index in [1.807, 2.05) is 13.0 Å². The van der Waals surface area contributed by atoms with E-state index >= 15 is 0 Å². The van der Waals surface area contributed by atoms with Crippen molar-refractivity contribution in [2.24, 2.45) is 17.8 Å². The van der Waals surface area contributed by atoms with Crippen LogP contribution in [0.25, 0.3) is 0 Å². The van der Waals surface area contributed by atoms with Crippen molar-refractivity contribution in [3.8, 4) is 5.75 Å². The number of aliphatic hydroxyl groups is 1. The number of phenols is 1. The minimum atomic E-state index is -0.533. The van der Waals surface area contributed by atoms with Crippen LogP contribution >= 0.6 is 0 Å². The minimum absolute atomic E-state index is 0.000139. The first-order valence-electron chi connectivity index (χ1n) is 9.18. The molecule has 3 N–H and O–H groups in total. The van der Waals surface area contributed by atoms with Gasteiger partial charge < -0.3 is 25.0 Å². The SMILES string of the molecule is CCO[C@@H]1OC(C(=O)Nc2ccccc2O)=C[C@H](C(C)C)[C@H]1CCCO. The van der Waals surface area contributed by atoms with Gasteiger partial charge in [0.25, 0.3) is 5.91 Å². The Morgan fingerprint density at radius 1 is 1.35 bits per heavy atom. The number of carbonyl (C=O) groups is 1. The molecule has 144 valence electrons. The number of aromatic hydroxyl groups is 1. The third kappa shape index (κ3) is 4.99. The van der Waals surface area contributed by atoms with E-state index in [9.17, 15) is 15.0 Å². The number of para-hydroxylation sites is 2. The molecule has 1 amide bonds. The number of phenolic OH excluding ortho intramolecular Hbond substituents is 1. The first-order chi connectivity index (χ1) is 12.5. The second-order valence-electron chi connectivity index (χ2n) is 6.79. The van der Waals surface area contributed by atoms with Crippen LogP contribution in [0.2, 0.25) is 0 Å². The lowest BCUT2D eigenvalue weighted by Crippen LogP contribution is -2.40. The molecule has 26 heavy (non-hydrogen) atoms. The average molecular weight is 363 g/mol. The van der Waals surface area contributed by atoms with Gasteiger partial charge in [0.15, 0.2) is 5.76 Å². The van der Waals surface area contributed by atoms with E-state index in [4.69, 9.17) is 9.47 Å². The highest BCUT2D eigenvalue weighted by Gasteiger charge is 2.38. The molecule has 6 nitrogen and oxygen atoms in total. The van der Waals surface area contributed by atoms with Gasteiger partial charge in [-0.05, 0) is 49.8 Å². The second kappa shape index (κ2) is 9.59. The molecule has 1 aromatic carbocycles. The number of nitrogens with one attached hydrogen (secondary N) is 1. The first kappa shape index (κ1) is 20.3. The van der Waals surface area contributed by atoms with Crippen molar-refractivity contribution in [2.75, 3.05) is 18.5 Å². The zero-order valence-electron chi connectivity index (χ0n) is 15.6. The molecule has 2 rings (SSSR count). The number of hydrogen-bond donors (Lipinski definition) is 3. The molecule has 1 aromatic rings. The van der Waals surface area contributed by atoms with Crippen molar-refractivity contribution >= 4 is 11.6 Å². The van der Waals surface area contributed by atoms with Crippen molar-refractivity contribution in [2.45, 2.75) is 39.9 Å². The number of allylic oxidation sites excluding steroid dienone is 1. The van der Waals surface area contributed by atoms with Gasteiger partial charge in [-0.3, -0.25) is 4.79 Å². The van der Waals surface area contributed by atoms with Crippen LogP contribution in [-0.2, 0) is 14.3 Å². The standard InChI is InChI=1S/C20H29NO5/c1-4-25-20-14(8-7-11-22)15(13(2)3)12-18(26-20)19(24)21-16-9-5-6-10-17(16)23/h5-6,9-10,12-15,20,22-23H,4,7-8,11H2,1-3H3,(H,21,24)/t14-,15-,20-/m1/s1. The van der Waals surface area contributed by atoms with Gasteiger partial charge in [0.1, 0.15) is 5.75 Å². The largest absolute Gasteiger partial charge is 0.506 e. The molecule has 6 heteroatoms. The fourth-order valence-corrected chi connectivity index (χ4v) is 3.29. The predicted octanol–water partition coefficient (Wildman–Crippen LogP) is 3.27. The summed E-state index contributed by atoms with van der Waals surface area (Å²) in [6.45, 7) is 6.67. The Kier molecular flexibility index (Phi) is 7.48. The molecule has 0 unspecified atom stereocenters. The summed E-state index contributed by atoms with van der Waals surface area (Å²) in [5.74, 6) is 0.243. The van der Waals surface area contributed by atoms with Crippen LogP contribution in [0.5, 0.6) is 5.75 Å². The molecule has 0 bridgehead atoms. The zero-order chi connectivity index (χ0) is 19.1. The van der Waals surface area contributed by atoms with Crippen LogP contribution < -0.4 is 5.32 Å². The molecular weight excluding hydrogens is 334 g/mol. The highest BCUT2D eigenvalue weighted by Crippen LogP contribution is 2.37. The summed E-state index contributed by atoms with van der Waals surface area (Å²) in [7, 11) is 0. The Balaban J connectivity index is 2.23. The smallest absolute Gasteiger partial charge is 0.290 e. The van der Waals surface area contributed by atoms with Gasteiger partial charge in [-0.1, -0.05) is 26.0 Å². The Morgan fingerprint density at radius 2 is 2.08 bits per heavy atom. The van der Waals surface area contributed by atoms with Gasteiger partial charge in [0.2, 0.25) is 6.29 Å². The fourth-order valence-electron chi connectivity index (χ4n) is 3.29. The normalized spacial score (nSPS) is 22.7. The van der Waals surface area contributed by atoms with Gasteiger partial charge in [0, 0.05) is 19.1 Å². The van der Waals surface area contributed by atoms with Crippen molar-refractivity contribution in [3.63, 3.8) is 0 Å². The van der Waals surface area contributed by atoms with Crippen LogP contribution in [-0.4, -0.2) is 35.6 Å². The van der Waals surface area contributed by atoms with E-state index in [0.717, 1.165) is 6.42 Å². The van der Waals surface area contributed by atoms with E-state index < -0.39 is 12.2 Å². The lowest BCUT2D eigenvalue weighted by atomic mass is 9.78. The molecule has 0 aromatic heterocycles. The maximum absolute atomic E-state index is 12.6. The molecule has 0 fully saturated rings. The second-order valence-corrected chi connectivity index (χ2v) is 6.79. The number of anilines is 1. The lowest BCUT2D eigenvalue weighted by molar-refractivity contribution is -0.173. The quantitative estimate of drug-likeness (QED) is 0.617. The molecule has 0 saturated heterocycles. The summed E-state index contributed by atoms with van der Waals surface area (Å²) in [6, 6.07) is 6.56. The van der Waals surface area contributed by atoms with Crippen molar-refractivity contribution in [1.82, 2.24) is 0 Å². The molecule has 1 heterocycles. The molecular formula is C20H29NO5. The summed E-state index contributed by atoms with van der Waals surface area (Å²) in [6.07, 6.45) is 2.73. The summed E-state index contributed by atoms with van der Waals surface area (Å²) in [5.41, 5.74) is 0.332. The van der Waals surface area contributed by atoms with Gasteiger partial charge in [-0.25, -0.2) is 0 Å². The average Bonchev–Trinajstić information content (AvgIpc) is 2.62. The molecule has 0 spiro atoms. The summed E-state index contributed by atoms with van der Waals surface area (Å²) >= 11 is 0. The van der Waals surface area contributed by atoms with Gasteiger partial charge in [0.05, 0.1) is 5.69 Å². The predicted molar refractivity (Wildman–Crippen MR) is 99.5 cm³/mol. The van der Waals surface area contributed by atoms with Gasteiger partial charge in [-0.15, -0.1) is 0 Å². The van der Waals surface area contributed by atoms with Crippen LogP contribution in [0.3, 0.4) is 0 Å². The van der Waals surface area contributed by atoms with E-state index in [0.29, 0.717) is 24.6 Å². The highest BCUT2D eigenvalue weighted by molar-refractivity contribution is 6.03. The van der Waals surface area contributed by atoms with Crippen LogP contribution in [0.15, 0.2) is 36.1 Å². The molecule has 0 saturated carbocycles. The number of rotatable bonds is 8. The van der Waals surface area contributed by atoms with E-state index in [1.54, 1.807) is 18.2 Å². The lowest BCUT2D eigenvalue weighted by Gasteiger charge is -2.38. The summed E-state index contributed by atoms with van der Waals surface area (Å²) < 4.78 is 11.6. The third-order valence-corrected chi connectivity index (χ3v) is 4.60. The number of amides is 1. The number of ether oxygens (including phenoxy) is 2. The van der Waals surface area contributed by atoms with Crippen LogP contribution in [0.1, 0.15) is 33.6 Å². The fraction of sp³-hybridized carbons (Fsp3) is 0.550. The third-order valence-electron chi connectivity index (χ3n) is 4.60. The summed E-state index contributed by atoms with van der Waals surface area (Å²) in [4.78, 5) is 12.6. The van der Waals surface area contributed by atoms with Gasteiger partial charge >= 0.3 is 0 Å². The minimum Gasteiger partial charge on any atom is -0.506 e. The van der Waals surface area contributed by atoms with E-state index in [2.05, 4.69) is 19.2 Å². The molecule has 1 aliphatic rings. The molecule has 3 atom stereocenters. The Hall–Kier alpha value is -2.05. The van der Waals surface area contributed by atoms with E-state index in [-0.39, 0.29) is 30.0 Å². The Bertz CT molecular complexity index is 628. The monoisotopic (exact) mass is 363 g/mol. The molecule has 1 aliphatic heterocycles. The number of aliphatic hydroxyl groups excluding tert-OH is 1. The summed E-state index contributed by atoms with van der Waals surface area (Å²) in [5, 5.41) is 21.7. The number of carbonyl (C=O) groups excluding carboxylic acids is 1. The molecule has 0 radical (unpaired) electrons. The Morgan fingerprint density at radius 3 is 2.69 bits per heavy atom. The van der Waals surface area contributed by atoms with Crippen LogP contribution in [0, 0.1) is 17.8 Å². The van der Waals surface area contributed by atoms with Gasteiger partial charge in [-0.2, -0.15) is 0 Å². The highest BCUT2D eigenvalue weighted by atomic mass is 16.7. The Labute approximate surface area is 154 Å². The van der Waals surface area contributed by atoms with Crippen molar-refractivity contribution in [1.29, 1.82) is 0 Å². The van der Waals surface area contributed by atoms with Crippen LogP contribution in [0.4, 0.5) is 5.69 Å². The zero-order valence-corrected chi connectivity index (χ0v) is 15.6. The van der Waals surface area contributed by atoms with Crippen molar-refractivity contribution < 1.29 is 24.5 Å². The van der Waals surface area contributed by atoms with E-state index in [1.165, 1.54) is 6.07 Å². The number of hydrogen-bond acceptors (Lipinski definition) is 5.